The molecule has 0 unspecified atom stereocenters. The number of ether oxygens (including phenoxy) is 6. The minimum Gasteiger partial charge on any atom is -0.462 e. The summed E-state index contributed by atoms with van der Waals surface area (Å²) in [6, 6.07) is 0. The van der Waals surface area contributed by atoms with Crippen molar-refractivity contribution in [2.45, 2.75) is 59.0 Å². The van der Waals surface area contributed by atoms with Gasteiger partial charge in [0, 0.05) is 41.7 Å². The van der Waals surface area contributed by atoms with Gasteiger partial charge in [0.1, 0.15) is 19.3 Å². The molecular formula is C17H26O11. The summed E-state index contributed by atoms with van der Waals surface area (Å²) in [5, 5.41) is 0. The molecule has 11 heteroatoms. The second-order valence-corrected chi connectivity index (χ2v) is 5.68. The van der Waals surface area contributed by atoms with Gasteiger partial charge >= 0.3 is 29.8 Å². The fourth-order valence-electron chi connectivity index (χ4n) is 2.26. The van der Waals surface area contributed by atoms with Gasteiger partial charge in [-0.3, -0.25) is 24.0 Å². The van der Waals surface area contributed by atoms with Crippen LogP contribution in [0.5, 0.6) is 0 Å². The van der Waals surface area contributed by atoms with Gasteiger partial charge in [-0.2, -0.15) is 0 Å². The molecule has 0 amide bonds. The number of esters is 5. The quantitative estimate of drug-likeness (QED) is 0.336. The second kappa shape index (κ2) is 12.7. The lowest BCUT2D eigenvalue weighted by atomic mass is 10.0. The maximum atomic E-state index is 11.6. The molecule has 0 saturated heterocycles. The number of hydrogen-bond donors (Lipinski definition) is 0. The summed E-state index contributed by atoms with van der Waals surface area (Å²) in [7, 11) is 1.22. The highest BCUT2D eigenvalue weighted by molar-refractivity contribution is 5.68. The molecule has 0 radical (unpaired) electrons. The molecule has 4 atom stereocenters. The summed E-state index contributed by atoms with van der Waals surface area (Å²) >= 11 is 0. The van der Waals surface area contributed by atoms with E-state index in [0.29, 0.717) is 0 Å². The molecule has 0 aromatic heterocycles. The van der Waals surface area contributed by atoms with Gasteiger partial charge in [-0.05, 0) is 0 Å². The maximum Gasteiger partial charge on any atom is 0.303 e. The van der Waals surface area contributed by atoms with Crippen molar-refractivity contribution < 1.29 is 52.4 Å². The number of hydrogen-bond acceptors (Lipinski definition) is 11. The van der Waals surface area contributed by atoms with Gasteiger partial charge in [0.05, 0.1) is 0 Å². The molecule has 0 aliphatic rings. The Labute approximate surface area is 162 Å². The van der Waals surface area contributed by atoms with Crippen molar-refractivity contribution in [3.63, 3.8) is 0 Å². The van der Waals surface area contributed by atoms with Crippen LogP contribution in [0.2, 0.25) is 0 Å². The van der Waals surface area contributed by atoms with Gasteiger partial charge in [-0.15, -0.1) is 0 Å². The van der Waals surface area contributed by atoms with E-state index < -0.39 is 67.5 Å². The number of rotatable bonds is 11. The van der Waals surface area contributed by atoms with Crippen LogP contribution < -0.4 is 0 Å². The van der Waals surface area contributed by atoms with Crippen LogP contribution in [0.15, 0.2) is 0 Å². The average molecular weight is 406 g/mol. The summed E-state index contributed by atoms with van der Waals surface area (Å²) in [4.78, 5) is 56.8. The van der Waals surface area contributed by atoms with Crippen LogP contribution in [0, 0.1) is 0 Å². The van der Waals surface area contributed by atoms with Crippen LogP contribution in [-0.4, -0.2) is 74.6 Å². The zero-order chi connectivity index (χ0) is 21.9. The molecule has 11 nitrogen and oxygen atoms in total. The van der Waals surface area contributed by atoms with E-state index in [0.717, 1.165) is 34.6 Å². The molecule has 0 aliphatic carbocycles. The van der Waals surface area contributed by atoms with Crippen LogP contribution in [0.4, 0.5) is 0 Å². The van der Waals surface area contributed by atoms with Gasteiger partial charge in [0.15, 0.2) is 18.3 Å². The van der Waals surface area contributed by atoms with Gasteiger partial charge in [0.2, 0.25) is 0 Å². The zero-order valence-electron chi connectivity index (χ0n) is 16.7. The van der Waals surface area contributed by atoms with Gasteiger partial charge in [-0.1, -0.05) is 0 Å². The largest absolute Gasteiger partial charge is 0.462 e. The molecule has 28 heavy (non-hydrogen) atoms. The predicted octanol–water partition coefficient (Wildman–Crippen LogP) is -0.0773. The Balaban J connectivity index is 5.86. The first-order valence-corrected chi connectivity index (χ1v) is 8.29. The third kappa shape index (κ3) is 10.5. The normalized spacial score (nSPS) is 14.6. The summed E-state index contributed by atoms with van der Waals surface area (Å²) < 4.78 is 30.5. The summed E-state index contributed by atoms with van der Waals surface area (Å²) in [5.74, 6) is -3.53. The Hall–Kier alpha value is -2.69. The highest BCUT2D eigenvalue weighted by Crippen LogP contribution is 2.19. The SMILES string of the molecule is CO[C@@H]([C@@H](OC(C)=O)[C@@H](COC(C)=O)OC(C)=O)[C@H](COC(C)=O)OC(C)=O. The van der Waals surface area contributed by atoms with Crippen LogP contribution in [0.1, 0.15) is 34.6 Å². The molecule has 0 heterocycles. The van der Waals surface area contributed by atoms with Crippen molar-refractivity contribution >= 4 is 29.8 Å². The first-order chi connectivity index (χ1) is 13.0. The fraction of sp³-hybridized carbons (Fsp3) is 0.706. The van der Waals surface area contributed by atoms with Crippen LogP contribution in [0.3, 0.4) is 0 Å². The standard InChI is InChI=1S/C17H26O11/c1-9(18)24-7-14(26-11(3)20)16(23-6)17(28-13(5)22)15(27-12(4)21)8-25-10(2)19/h14-17H,7-8H2,1-6H3/t14-,15+,16+,17-/m0/s1. The topological polar surface area (TPSA) is 141 Å². The van der Waals surface area contributed by atoms with E-state index in [-0.39, 0.29) is 0 Å². The lowest BCUT2D eigenvalue weighted by Crippen LogP contribution is -2.53. The first kappa shape index (κ1) is 25.3. The van der Waals surface area contributed by atoms with E-state index >= 15 is 0 Å². The summed E-state index contributed by atoms with van der Waals surface area (Å²) in [5.41, 5.74) is 0. The molecular weight excluding hydrogens is 380 g/mol. The van der Waals surface area contributed by atoms with Gasteiger partial charge in [-0.25, -0.2) is 0 Å². The maximum absolute atomic E-state index is 11.6. The van der Waals surface area contributed by atoms with Crippen molar-refractivity contribution in [2.24, 2.45) is 0 Å². The molecule has 0 bridgehead atoms. The molecule has 0 rings (SSSR count). The summed E-state index contributed by atoms with van der Waals surface area (Å²) in [6.07, 6.45) is -5.03. The lowest BCUT2D eigenvalue weighted by molar-refractivity contribution is -0.201. The van der Waals surface area contributed by atoms with Crippen LogP contribution >= 0.6 is 0 Å². The van der Waals surface area contributed by atoms with E-state index in [9.17, 15) is 24.0 Å². The minimum atomic E-state index is -1.34. The number of methoxy groups -OCH3 is 1. The Morgan fingerprint density at radius 3 is 1.21 bits per heavy atom. The van der Waals surface area contributed by atoms with E-state index in [4.69, 9.17) is 28.4 Å². The Morgan fingerprint density at radius 1 is 0.571 bits per heavy atom. The highest BCUT2D eigenvalue weighted by atomic mass is 16.6. The molecule has 0 aromatic rings. The minimum absolute atomic E-state index is 0.411. The van der Waals surface area contributed by atoms with E-state index in [1.807, 2.05) is 0 Å². The smallest absolute Gasteiger partial charge is 0.303 e. The van der Waals surface area contributed by atoms with Gasteiger partial charge < -0.3 is 28.4 Å². The molecule has 0 aromatic carbocycles. The van der Waals surface area contributed by atoms with E-state index in [1.165, 1.54) is 7.11 Å². The molecule has 160 valence electrons. The molecule has 0 aliphatic heterocycles. The van der Waals surface area contributed by atoms with Crippen molar-refractivity contribution in [3.05, 3.63) is 0 Å². The van der Waals surface area contributed by atoms with E-state index in [2.05, 4.69) is 0 Å². The molecule has 0 spiro atoms. The number of carbonyl (C=O) groups is 5. The van der Waals surface area contributed by atoms with Crippen molar-refractivity contribution in [1.82, 2.24) is 0 Å². The molecule has 0 N–H and O–H groups in total. The van der Waals surface area contributed by atoms with E-state index in [1.54, 1.807) is 0 Å². The first-order valence-electron chi connectivity index (χ1n) is 8.29. The fourth-order valence-corrected chi connectivity index (χ4v) is 2.26. The predicted molar refractivity (Wildman–Crippen MR) is 90.7 cm³/mol. The summed E-state index contributed by atoms with van der Waals surface area (Å²) in [6.45, 7) is 4.76. The van der Waals surface area contributed by atoms with Crippen molar-refractivity contribution in [1.29, 1.82) is 0 Å². The van der Waals surface area contributed by atoms with Crippen molar-refractivity contribution in [2.75, 3.05) is 20.3 Å². The molecule has 0 fully saturated rings. The Morgan fingerprint density at radius 2 is 0.929 bits per heavy atom. The van der Waals surface area contributed by atoms with Crippen molar-refractivity contribution in [3.8, 4) is 0 Å². The lowest BCUT2D eigenvalue weighted by Gasteiger charge is -2.34. The van der Waals surface area contributed by atoms with Gasteiger partial charge in [0.25, 0.3) is 0 Å². The zero-order valence-corrected chi connectivity index (χ0v) is 16.7. The molecule has 0 saturated carbocycles. The third-order valence-corrected chi connectivity index (χ3v) is 3.17. The monoisotopic (exact) mass is 406 g/mol. The number of carbonyl (C=O) groups excluding carboxylic acids is 5. The third-order valence-electron chi connectivity index (χ3n) is 3.17. The highest BCUT2D eigenvalue weighted by Gasteiger charge is 2.42. The average Bonchev–Trinajstić information content (AvgIpc) is 2.54. The van der Waals surface area contributed by atoms with Crippen LogP contribution in [0.25, 0.3) is 0 Å². The Bertz CT molecular complexity index is 571. The van der Waals surface area contributed by atoms with Crippen LogP contribution in [-0.2, 0) is 52.4 Å². The second-order valence-electron chi connectivity index (χ2n) is 5.68. The Kier molecular flexibility index (Phi) is 11.4.